The van der Waals surface area contributed by atoms with Gasteiger partial charge in [0.15, 0.2) is 0 Å². The predicted octanol–water partition coefficient (Wildman–Crippen LogP) is 3.95. The van der Waals surface area contributed by atoms with Crippen molar-refractivity contribution in [1.29, 1.82) is 0 Å². The first kappa shape index (κ1) is 20.9. The average molecular weight is 361 g/mol. The average Bonchev–Trinajstić information content (AvgIpc) is 2.40. The van der Waals surface area contributed by atoms with Crippen LogP contribution >= 0.6 is 0 Å². The molecule has 2 N–H and O–H groups in total. The lowest BCUT2D eigenvalue weighted by Gasteiger charge is -2.29. The molecule has 0 aliphatic rings. The summed E-state index contributed by atoms with van der Waals surface area (Å²) in [5.74, 6) is -2.41. The van der Waals surface area contributed by atoms with Crippen LogP contribution in [0.25, 0.3) is 0 Å². The monoisotopic (exact) mass is 361 g/mol. The van der Waals surface area contributed by atoms with Crippen LogP contribution in [0.1, 0.15) is 59.1 Å². The molecule has 0 fully saturated rings. The quantitative estimate of drug-likeness (QED) is 0.721. The van der Waals surface area contributed by atoms with E-state index in [2.05, 4.69) is 4.72 Å². The van der Waals surface area contributed by atoms with Gasteiger partial charge < -0.3 is 9.66 Å². The molecule has 0 aliphatic heterocycles. The standard InChI is InChI=1S/C17H25F2NO3S/c1-16(2,3)24(23)20-14(6-7-17(4,5)15(21)22)11-8-12(18)10-13(19)9-11/h8-10,14,20H,6-7H2,1-5H3,(H,21,22)/t14-,24-/m0/s1. The van der Waals surface area contributed by atoms with Gasteiger partial charge >= 0.3 is 5.97 Å². The highest BCUT2D eigenvalue weighted by molar-refractivity contribution is 7.90. The summed E-state index contributed by atoms with van der Waals surface area (Å²) < 4.78 is 41.7. The largest absolute Gasteiger partial charge is 0.598 e. The molecule has 7 heteroatoms. The Bertz CT molecular complexity index is 567. The predicted molar refractivity (Wildman–Crippen MR) is 90.8 cm³/mol. The number of rotatable bonds is 7. The van der Waals surface area contributed by atoms with E-state index in [4.69, 9.17) is 0 Å². The molecular formula is C17H25F2NO3S. The Hall–Kier alpha value is -1.18. The van der Waals surface area contributed by atoms with E-state index < -0.39 is 45.2 Å². The van der Waals surface area contributed by atoms with Crippen molar-refractivity contribution in [2.45, 2.75) is 58.2 Å². The zero-order valence-electron chi connectivity index (χ0n) is 14.7. The number of carbonyl (C=O) groups is 1. The molecule has 1 aromatic rings. The van der Waals surface area contributed by atoms with Gasteiger partial charge in [0.1, 0.15) is 16.4 Å². The molecule has 0 radical (unpaired) electrons. The smallest absolute Gasteiger partial charge is 0.309 e. The topological polar surface area (TPSA) is 72.4 Å². The van der Waals surface area contributed by atoms with Crippen molar-refractivity contribution in [2.75, 3.05) is 0 Å². The highest BCUT2D eigenvalue weighted by Gasteiger charge is 2.33. The third-order valence-electron chi connectivity index (χ3n) is 3.73. The lowest BCUT2D eigenvalue weighted by Crippen LogP contribution is -2.41. The number of hydrogen-bond acceptors (Lipinski definition) is 3. The van der Waals surface area contributed by atoms with E-state index >= 15 is 0 Å². The van der Waals surface area contributed by atoms with E-state index in [1.165, 1.54) is 12.1 Å². The van der Waals surface area contributed by atoms with Crippen LogP contribution in [0.4, 0.5) is 8.78 Å². The van der Waals surface area contributed by atoms with Crippen molar-refractivity contribution in [3.05, 3.63) is 35.4 Å². The summed E-state index contributed by atoms with van der Waals surface area (Å²) in [5.41, 5.74) is -0.680. The van der Waals surface area contributed by atoms with Crippen LogP contribution in [0, 0.1) is 17.0 Å². The lowest BCUT2D eigenvalue weighted by molar-refractivity contribution is -0.147. The highest BCUT2D eigenvalue weighted by atomic mass is 32.2. The number of nitrogens with one attached hydrogen (secondary N) is 1. The SMILES string of the molecule is CC(C)(CC[C@H](N[S@@+]([O-])C(C)(C)C)c1cc(F)cc(F)c1)C(=O)O. The van der Waals surface area contributed by atoms with E-state index in [0.717, 1.165) is 6.07 Å². The van der Waals surface area contributed by atoms with Gasteiger partial charge in [-0.3, -0.25) is 4.79 Å². The molecule has 0 saturated carbocycles. The van der Waals surface area contributed by atoms with Crippen molar-refractivity contribution in [3.63, 3.8) is 0 Å². The van der Waals surface area contributed by atoms with Gasteiger partial charge in [0.25, 0.3) is 0 Å². The molecule has 0 heterocycles. The van der Waals surface area contributed by atoms with Crippen LogP contribution in [0.15, 0.2) is 18.2 Å². The zero-order valence-corrected chi connectivity index (χ0v) is 15.5. The van der Waals surface area contributed by atoms with Gasteiger partial charge in [-0.25, -0.2) is 8.78 Å². The third-order valence-corrected chi connectivity index (χ3v) is 5.34. The second-order valence-corrected chi connectivity index (χ2v) is 9.48. The van der Waals surface area contributed by atoms with E-state index in [1.807, 2.05) is 0 Å². The molecule has 1 rings (SSSR count). The summed E-state index contributed by atoms with van der Waals surface area (Å²) in [6, 6.07) is 2.50. The summed E-state index contributed by atoms with van der Waals surface area (Å²) in [7, 11) is 0. The van der Waals surface area contributed by atoms with Gasteiger partial charge in [-0.1, -0.05) is 0 Å². The first-order valence-corrected chi connectivity index (χ1v) is 8.85. The normalized spacial score (nSPS) is 15.2. The number of hydrogen-bond donors (Lipinski definition) is 2. The van der Waals surface area contributed by atoms with Crippen molar-refractivity contribution in [3.8, 4) is 0 Å². The number of carboxylic acids is 1. The van der Waals surface area contributed by atoms with Gasteiger partial charge in [0, 0.05) is 17.4 Å². The molecule has 0 unspecified atom stereocenters. The molecule has 0 amide bonds. The molecule has 0 aromatic heterocycles. The number of aliphatic carboxylic acids is 1. The second kappa shape index (κ2) is 7.80. The van der Waals surface area contributed by atoms with Gasteiger partial charge in [-0.2, -0.15) is 0 Å². The molecule has 136 valence electrons. The fourth-order valence-corrected chi connectivity index (χ4v) is 2.85. The molecule has 0 saturated heterocycles. The minimum absolute atomic E-state index is 0.263. The molecule has 1 aromatic carbocycles. The van der Waals surface area contributed by atoms with Gasteiger partial charge in [-0.05, 0) is 65.2 Å². The summed E-state index contributed by atoms with van der Waals surface area (Å²) >= 11 is -1.46. The summed E-state index contributed by atoms with van der Waals surface area (Å²) in [4.78, 5) is 11.3. The van der Waals surface area contributed by atoms with Crippen LogP contribution in [-0.4, -0.2) is 20.4 Å². The number of halogens is 2. The fraction of sp³-hybridized carbons (Fsp3) is 0.588. The Morgan fingerprint density at radius 3 is 2.12 bits per heavy atom. The Balaban J connectivity index is 3.05. The maximum absolute atomic E-state index is 13.5. The molecule has 0 bridgehead atoms. The van der Waals surface area contributed by atoms with Crippen molar-refractivity contribution in [2.24, 2.45) is 5.41 Å². The Morgan fingerprint density at radius 1 is 1.21 bits per heavy atom. The van der Waals surface area contributed by atoms with E-state index in [0.29, 0.717) is 5.56 Å². The van der Waals surface area contributed by atoms with Crippen LogP contribution < -0.4 is 4.72 Å². The van der Waals surface area contributed by atoms with Crippen LogP contribution in [-0.2, 0) is 16.2 Å². The van der Waals surface area contributed by atoms with Crippen molar-refractivity contribution in [1.82, 2.24) is 4.72 Å². The van der Waals surface area contributed by atoms with Crippen LogP contribution in [0.3, 0.4) is 0 Å². The minimum atomic E-state index is -1.46. The Kier molecular flexibility index (Phi) is 6.78. The highest BCUT2D eigenvalue weighted by Crippen LogP contribution is 2.30. The summed E-state index contributed by atoms with van der Waals surface area (Å²) in [5, 5.41) is 9.22. The van der Waals surface area contributed by atoms with Gasteiger partial charge in [-0.15, -0.1) is 4.72 Å². The molecule has 2 atom stereocenters. The molecule has 4 nitrogen and oxygen atoms in total. The number of benzene rings is 1. The van der Waals surface area contributed by atoms with Crippen LogP contribution in [0.2, 0.25) is 0 Å². The maximum atomic E-state index is 13.5. The second-order valence-electron chi connectivity index (χ2n) is 7.48. The minimum Gasteiger partial charge on any atom is -0.598 e. The Morgan fingerprint density at radius 2 is 1.71 bits per heavy atom. The molecule has 24 heavy (non-hydrogen) atoms. The van der Waals surface area contributed by atoms with Gasteiger partial charge in [0.05, 0.1) is 11.5 Å². The zero-order chi connectivity index (χ0) is 18.7. The first-order valence-electron chi connectivity index (χ1n) is 7.70. The summed E-state index contributed by atoms with van der Waals surface area (Å²) in [6.07, 6.45) is 0.545. The van der Waals surface area contributed by atoms with Crippen LogP contribution in [0.5, 0.6) is 0 Å². The Labute approximate surface area is 145 Å². The van der Waals surface area contributed by atoms with Gasteiger partial charge in [0.2, 0.25) is 0 Å². The van der Waals surface area contributed by atoms with E-state index in [1.54, 1.807) is 34.6 Å². The maximum Gasteiger partial charge on any atom is 0.309 e. The molecule has 0 aliphatic carbocycles. The van der Waals surface area contributed by atoms with E-state index in [9.17, 15) is 23.2 Å². The van der Waals surface area contributed by atoms with E-state index in [-0.39, 0.29) is 12.8 Å². The molecular weight excluding hydrogens is 336 g/mol. The molecule has 0 spiro atoms. The van der Waals surface area contributed by atoms with Crippen molar-refractivity contribution >= 4 is 17.3 Å². The summed E-state index contributed by atoms with van der Waals surface area (Å²) in [6.45, 7) is 8.50. The number of carboxylic acid groups (broad SMARTS) is 1. The first-order chi connectivity index (χ1) is 10.8. The van der Waals surface area contributed by atoms with Crippen molar-refractivity contribution < 1.29 is 23.2 Å². The third kappa shape index (κ3) is 6.03. The fourth-order valence-electron chi connectivity index (χ4n) is 1.99. The lowest BCUT2D eigenvalue weighted by atomic mass is 9.85.